The number of urea groups is 1. The van der Waals surface area contributed by atoms with Gasteiger partial charge in [0.2, 0.25) is 5.95 Å². The number of nitrogens with zero attached hydrogens (tertiary/aromatic N) is 5. The lowest BCUT2D eigenvalue weighted by atomic mass is 10.1. The van der Waals surface area contributed by atoms with Gasteiger partial charge in [-0.3, -0.25) is 19.9 Å². The number of halogens is 2. The molecule has 0 radical (unpaired) electrons. The van der Waals surface area contributed by atoms with Gasteiger partial charge in [-0.25, -0.2) is 9.78 Å². The first-order valence-electron chi connectivity index (χ1n) is 10.7. The number of aromatic nitrogens is 2. The Morgan fingerprint density at radius 3 is 2.33 bits per heavy atom. The van der Waals surface area contributed by atoms with Crippen LogP contribution < -0.4 is 24.6 Å². The van der Waals surface area contributed by atoms with Gasteiger partial charge in [0.05, 0.1) is 31.4 Å². The lowest BCUT2D eigenvalue weighted by molar-refractivity contribution is -0.384. The molecule has 0 spiro atoms. The molecule has 1 N–H and O–H groups in total. The number of nitro groups is 1. The number of carbonyl (C=O) groups is 1. The van der Waals surface area contributed by atoms with Gasteiger partial charge < -0.3 is 14.8 Å². The molecule has 0 atom stereocenters. The Morgan fingerprint density at radius 2 is 1.78 bits per heavy atom. The van der Waals surface area contributed by atoms with Crippen molar-refractivity contribution in [1.82, 2.24) is 9.97 Å². The van der Waals surface area contributed by atoms with E-state index >= 15 is 0 Å². The molecule has 36 heavy (non-hydrogen) atoms. The van der Waals surface area contributed by atoms with Gasteiger partial charge in [-0.05, 0) is 12.0 Å². The fourth-order valence-electron chi connectivity index (χ4n) is 3.85. The second-order valence-electron chi connectivity index (χ2n) is 7.74. The fraction of sp³-hybridized carbons (Fsp3) is 0.261. The van der Waals surface area contributed by atoms with Crippen LogP contribution in [0.15, 0.2) is 36.5 Å². The summed E-state index contributed by atoms with van der Waals surface area (Å²) < 4.78 is 10.7. The second kappa shape index (κ2) is 10.4. The van der Waals surface area contributed by atoms with E-state index < -0.39 is 11.0 Å². The number of hydrogen-bond acceptors (Lipinski definition) is 8. The molecule has 0 fully saturated rings. The number of hydrogen-bond donors (Lipinski definition) is 1. The molecule has 0 aliphatic carbocycles. The molecular weight excluding hydrogens is 511 g/mol. The molecule has 2 heterocycles. The first kappa shape index (κ1) is 25.3. The van der Waals surface area contributed by atoms with E-state index in [1.54, 1.807) is 31.4 Å². The molecule has 3 aromatic rings. The minimum absolute atomic E-state index is 0.00743. The largest absolute Gasteiger partial charge is 0.495 e. The number of ether oxygens (including phenoxy) is 2. The number of nitrogens with one attached hydrogen (secondary N) is 1. The number of benzene rings is 2. The summed E-state index contributed by atoms with van der Waals surface area (Å²) in [6.07, 6.45) is 2.05. The highest BCUT2D eigenvalue weighted by Crippen LogP contribution is 2.47. The van der Waals surface area contributed by atoms with Gasteiger partial charge in [-0.15, -0.1) is 0 Å². The molecule has 0 saturated carbocycles. The van der Waals surface area contributed by atoms with E-state index in [0.29, 0.717) is 35.2 Å². The molecule has 188 valence electrons. The Balaban J connectivity index is 1.75. The number of non-ortho nitro benzene ring substituents is 1. The van der Waals surface area contributed by atoms with E-state index in [9.17, 15) is 14.9 Å². The molecule has 1 aliphatic heterocycles. The summed E-state index contributed by atoms with van der Waals surface area (Å²) in [4.78, 5) is 36.1. The zero-order chi connectivity index (χ0) is 26.0. The van der Waals surface area contributed by atoms with Gasteiger partial charge in [-0.1, -0.05) is 35.3 Å². The van der Waals surface area contributed by atoms with Gasteiger partial charge in [0, 0.05) is 43.6 Å². The number of carbonyl (C=O) groups excluding carboxylic acids is 1. The van der Waals surface area contributed by atoms with Crippen molar-refractivity contribution < 1.29 is 19.2 Å². The van der Waals surface area contributed by atoms with Gasteiger partial charge >= 0.3 is 6.03 Å². The Hall–Kier alpha value is -3.83. The third-order valence-electron chi connectivity index (χ3n) is 5.70. The smallest absolute Gasteiger partial charge is 0.330 e. The minimum Gasteiger partial charge on any atom is -0.495 e. The van der Waals surface area contributed by atoms with Crippen LogP contribution in [-0.2, 0) is 13.0 Å². The van der Waals surface area contributed by atoms with Crippen LogP contribution in [-0.4, -0.2) is 48.7 Å². The molecule has 0 unspecified atom stereocenters. The average molecular weight is 533 g/mol. The van der Waals surface area contributed by atoms with E-state index in [1.807, 2.05) is 0 Å². The maximum absolute atomic E-state index is 13.8. The molecule has 2 amide bonds. The van der Waals surface area contributed by atoms with Crippen molar-refractivity contribution in [2.24, 2.45) is 0 Å². The van der Waals surface area contributed by atoms with Crippen LogP contribution in [0, 0.1) is 10.1 Å². The number of methoxy groups -OCH3 is 2. The van der Waals surface area contributed by atoms with Gasteiger partial charge in [0.25, 0.3) is 5.69 Å². The van der Waals surface area contributed by atoms with Crippen LogP contribution in [0.3, 0.4) is 0 Å². The lowest BCUT2D eigenvalue weighted by Gasteiger charge is -2.37. The van der Waals surface area contributed by atoms with Crippen LogP contribution >= 0.6 is 23.2 Å². The summed E-state index contributed by atoms with van der Waals surface area (Å²) >= 11 is 13.2. The molecular formula is C23H22Cl2N6O5. The zero-order valence-corrected chi connectivity index (χ0v) is 21.1. The molecule has 13 heteroatoms. The number of amides is 2. The predicted molar refractivity (Wildman–Crippen MR) is 137 cm³/mol. The maximum atomic E-state index is 13.8. The van der Waals surface area contributed by atoms with Crippen LogP contribution in [0.5, 0.6) is 11.5 Å². The molecule has 11 nitrogen and oxygen atoms in total. The van der Waals surface area contributed by atoms with Crippen molar-refractivity contribution in [3.8, 4) is 11.5 Å². The van der Waals surface area contributed by atoms with Gasteiger partial charge in [-0.2, -0.15) is 4.98 Å². The van der Waals surface area contributed by atoms with E-state index in [0.717, 1.165) is 5.56 Å². The van der Waals surface area contributed by atoms with Crippen molar-refractivity contribution in [2.45, 2.75) is 13.0 Å². The standard InChI is InChI=1S/C23H22Cl2N6O5/c1-26-22-27-11-14-12-30(20-18(24)16(35-2)10-17(36-3)19(20)25)23(32)29(21(14)28-22)9-8-13-4-6-15(7-5-13)31(33)34/h4-7,10-11H,8-9,12H2,1-3H3,(H,26,27,28). The predicted octanol–water partition coefficient (Wildman–Crippen LogP) is 4.94. The van der Waals surface area contributed by atoms with E-state index in [2.05, 4.69) is 15.3 Å². The number of nitro benzene ring substituents is 1. The molecule has 2 aromatic carbocycles. The third-order valence-corrected chi connectivity index (χ3v) is 6.43. The van der Waals surface area contributed by atoms with Crippen molar-refractivity contribution in [3.05, 3.63) is 67.8 Å². The summed E-state index contributed by atoms with van der Waals surface area (Å²) in [5.74, 6) is 1.39. The van der Waals surface area contributed by atoms with Crippen LogP contribution in [0.25, 0.3) is 0 Å². The minimum atomic E-state index is -0.460. The fourth-order valence-corrected chi connectivity index (χ4v) is 4.55. The normalized spacial score (nSPS) is 12.9. The van der Waals surface area contributed by atoms with E-state index in [-0.39, 0.29) is 34.5 Å². The Bertz CT molecular complexity index is 1290. The van der Waals surface area contributed by atoms with Crippen LogP contribution in [0.4, 0.5) is 27.9 Å². The monoisotopic (exact) mass is 532 g/mol. The quantitative estimate of drug-likeness (QED) is 0.319. The topological polar surface area (TPSA) is 123 Å². The molecule has 0 bridgehead atoms. The average Bonchev–Trinajstić information content (AvgIpc) is 2.88. The highest BCUT2D eigenvalue weighted by molar-refractivity contribution is 6.42. The summed E-state index contributed by atoms with van der Waals surface area (Å²) in [5.41, 5.74) is 1.72. The van der Waals surface area contributed by atoms with Gasteiger partial charge in [0.1, 0.15) is 27.4 Å². The molecule has 1 aromatic heterocycles. The Kier molecular flexibility index (Phi) is 7.32. The third kappa shape index (κ3) is 4.67. The SMILES string of the molecule is CNc1ncc2c(n1)N(CCc1ccc([N+](=O)[O-])cc1)C(=O)N(c1c(Cl)c(OC)cc(OC)c1Cl)C2. The summed E-state index contributed by atoms with van der Waals surface area (Å²) in [5, 5.41) is 14.2. The highest BCUT2D eigenvalue weighted by Gasteiger charge is 2.36. The van der Waals surface area contributed by atoms with E-state index in [1.165, 1.54) is 36.2 Å². The number of anilines is 3. The van der Waals surface area contributed by atoms with Crippen molar-refractivity contribution in [3.63, 3.8) is 0 Å². The Morgan fingerprint density at radius 1 is 1.14 bits per heavy atom. The van der Waals surface area contributed by atoms with Crippen molar-refractivity contribution in [1.29, 1.82) is 0 Å². The first-order valence-corrected chi connectivity index (χ1v) is 11.5. The number of rotatable bonds is 8. The molecule has 4 rings (SSSR count). The van der Waals surface area contributed by atoms with Crippen molar-refractivity contribution >= 4 is 52.4 Å². The maximum Gasteiger partial charge on any atom is 0.330 e. The van der Waals surface area contributed by atoms with Crippen LogP contribution in [0.2, 0.25) is 10.0 Å². The second-order valence-corrected chi connectivity index (χ2v) is 8.50. The summed E-state index contributed by atoms with van der Waals surface area (Å²) in [6, 6.07) is 7.30. The zero-order valence-electron chi connectivity index (χ0n) is 19.6. The lowest BCUT2D eigenvalue weighted by Crippen LogP contribution is -2.49. The number of fused-ring (bicyclic) bond motifs is 1. The van der Waals surface area contributed by atoms with E-state index in [4.69, 9.17) is 32.7 Å². The van der Waals surface area contributed by atoms with Gasteiger partial charge in [0.15, 0.2) is 0 Å². The molecule has 1 aliphatic rings. The van der Waals surface area contributed by atoms with Crippen LogP contribution in [0.1, 0.15) is 11.1 Å². The molecule has 0 saturated heterocycles. The highest BCUT2D eigenvalue weighted by atomic mass is 35.5. The summed E-state index contributed by atoms with van der Waals surface area (Å²) in [7, 11) is 4.59. The Labute approximate surface area is 216 Å². The summed E-state index contributed by atoms with van der Waals surface area (Å²) in [6.45, 7) is 0.346. The van der Waals surface area contributed by atoms with Crippen molar-refractivity contribution in [2.75, 3.05) is 42.9 Å². The first-order chi connectivity index (χ1) is 17.3.